The number of hydrogen-bond donors (Lipinski definition) is 2. The van der Waals surface area contributed by atoms with Gasteiger partial charge in [0, 0.05) is 29.3 Å². The van der Waals surface area contributed by atoms with Crippen molar-refractivity contribution in [3.63, 3.8) is 0 Å². The van der Waals surface area contributed by atoms with E-state index in [2.05, 4.69) is 34.3 Å². The SMILES string of the molecule is CCc1ccncc1-c1cc(N)c2nnc(NC(=O)[C@@H]3C[C@H]3C)cc2c1. The third kappa shape index (κ3) is 2.98. The van der Waals surface area contributed by atoms with Gasteiger partial charge in [0.1, 0.15) is 5.52 Å². The number of pyridine rings is 1. The number of aryl methyl sites for hydroxylation is 1. The number of fused-ring (bicyclic) bond motifs is 1. The van der Waals surface area contributed by atoms with Gasteiger partial charge in [0.15, 0.2) is 5.82 Å². The molecule has 2 aromatic heterocycles. The number of nitrogens with zero attached hydrogens (tertiary/aromatic N) is 3. The summed E-state index contributed by atoms with van der Waals surface area (Å²) < 4.78 is 0. The number of carbonyl (C=O) groups excluding carboxylic acids is 1. The van der Waals surface area contributed by atoms with Crippen molar-refractivity contribution in [2.45, 2.75) is 26.7 Å². The molecular formula is C20H21N5O. The molecule has 0 saturated heterocycles. The number of amides is 1. The Kier molecular flexibility index (Phi) is 4.03. The fraction of sp³-hybridized carbons (Fsp3) is 0.300. The molecule has 1 fully saturated rings. The first-order valence-corrected chi connectivity index (χ1v) is 8.88. The van der Waals surface area contributed by atoms with E-state index in [1.54, 1.807) is 6.20 Å². The lowest BCUT2D eigenvalue weighted by Crippen LogP contribution is -2.15. The molecule has 0 unspecified atom stereocenters. The Bertz CT molecular complexity index is 1000. The summed E-state index contributed by atoms with van der Waals surface area (Å²) >= 11 is 0. The van der Waals surface area contributed by atoms with Crippen LogP contribution in [0.25, 0.3) is 22.0 Å². The van der Waals surface area contributed by atoms with Gasteiger partial charge in [0.25, 0.3) is 0 Å². The lowest BCUT2D eigenvalue weighted by atomic mass is 9.98. The maximum Gasteiger partial charge on any atom is 0.228 e. The second kappa shape index (κ2) is 6.37. The van der Waals surface area contributed by atoms with Crippen molar-refractivity contribution in [1.82, 2.24) is 15.2 Å². The van der Waals surface area contributed by atoms with Crippen molar-refractivity contribution in [1.29, 1.82) is 0 Å². The number of nitrogen functional groups attached to an aromatic ring is 1. The van der Waals surface area contributed by atoms with Crippen LogP contribution in [-0.2, 0) is 11.2 Å². The molecule has 0 radical (unpaired) electrons. The number of nitrogens with two attached hydrogens (primary N) is 1. The Morgan fingerprint density at radius 3 is 2.85 bits per heavy atom. The summed E-state index contributed by atoms with van der Waals surface area (Å²) in [6.07, 6.45) is 5.49. The van der Waals surface area contributed by atoms with Crippen LogP contribution < -0.4 is 11.1 Å². The molecule has 0 bridgehead atoms. The van der Waals surface area contributed by atoms with Gasteiger partial charge in [-0.2, -0.15) is 0 Å². The molecule has 0 spiro atoms. The van der Waals surface area contributed by atoms with Crippen LogP contribution in [0.15, 0.2) is 36.7 Å². The molecule has 2 atom stereocenters. The van der Waals surface area contributed by atoms with Gasteiger partial charge in [-0.25, -0.2) is 0 Å². The lowest BCUT2D eigenvalue weighted by molar-refractivity contribution is -0.117. The number of aromatic nitrogens is 3. The van der Waals surface area contributed by atoms with Crippen LogP contribution in [0, 0.1) is 11.8 Å². The Labute approximate surface area is 151 Å². The zero-order valence-electron chi connectivity index (χ0n) is 14.9. The van der Waals surface area contributed by atoms with Crippen LogP contribution in [0.1, 0.15) is 25.8 Å². The van der Waals surface area contributed by atoms with E-state index in [4.69, 9.17) is 5.73 Å². The summed E-state index contributed by atoms with van der Waals surface area (Å²) in [6.45, 7) is 4.18. The van der Waals surface area contributed by atoms with Crippen LogP contribution in [0.2, 0.25) is 0 Å². The summed E-state index contributed by atoms with van der Waals surface area (Å²) in [5.41, 5.74) is 10.6. The van der Waals surface area contributed by atoms with E-state index in [0.717, 1.165) is 29.4 Å². The monoisotopic (exact) mass is 347 g/mol. The van der Waals surface area contributed by atoms with E-state index in [9.17, 15) is 4.79 Å². The topological polar surface area (TPSA) is 93.8 Å². The Morgan fingerprint density at radius 1 is 1.31 bits per heavy atom. The fourth-order valence-electron chi connectivity index (χ4n) is 3.30. The Morgan fingerprint density at radius 2 is 2.12 bits per heavy atom. The number of benzene rings is 1. The standard InChI is InChI=1S/C20H21N5O/c1-3-12-4-5-22-10-16(12)13-7-14-9-18(23-20(26)15-6-11(15)2)24-25-19(14)17(21)8-13/h4-5,7-11,15H,3,6,21H2,1-2H3,(H,23,24,26)/t11-,15-/m1/s1. The highest BCUT2D eigenvalue weighted by molar-refractivity contribution is 5.98. The molecule has 2 heterocycles. The van der Waals surface area contributed by atoms with Crippen molar-refractivity contribution >= 4 is 28.3 Å². The van der Waals surface area contributed by atoms with Gasteiger partial charge in [-0.05, 0) is 54.2 Å². The van der Waals surface area contributed by atoms with Crippen LogP contribution in [0.3, 0.4) is 0 Å². The van der Waals surface area contributed by atoms with E-state index < -0.39 is 0 Å². The smallest absolute Gasteiger partial charge is 0.228 e. The van der Waals surface area contributed by atoms with Crippen molar-refractivity contribution in [3.05, 3.63) is 42.2 Å². The predicted octanol–water partition coefficient (Wildman–Crippen LogP) is 3.43. The molecule has 3 aromatic rings. The molecule has 0 aliphatic heterocycles. The summed E-state index contributed by atoms with van der Waals surface area (Å²) in [5.74, 6) is 1.01. The molecule has 1 aliphatic rings. The van der Waals surface area contributed by atoms with Crippen molar-refractivity contribution in [2.75, 3.05) is 11.1 Å². The third-order valence-corrected chi connectivity index (χ3v) is 5.02. The predicted molar refractivity (Wildman–Crippen MR) is 102 cm³/mol. The van der Waals surface area contributed by atoms with Gasteiger partial charge in [0.2, 0.25) is 5.91 Å². The van der Waals surface area contributed by atoms with Gasteiger partial charge in [0.05, 0.1) is 5.69 Å². The Balaban J connectivity index is 1.73. The highest BCUT2D eigenvalue weighted by Gasteiger charge is 2.39. The molecule has 132 valence electrons. The van der Waals surface area contributed by atoms with E-state index in [0.29, 0.717) is 22.9 Å². The second-order valence-electron chi connectivity index (χ2n) is 6.93. The van der Waals surface area contributed by atoms with Crippen LogP contribution >= 0.6 is 0 Å². The van der Waals surface area contributed by atoms with E-state index >= 15 is 0 Å². The molecule has 4 rings (SSSR count). The quantitative estimate of drug-likeness (QED) is 0.705. The maximum absolute atomic E-state index is 12.1. The van der Waals surface area contributed by atoms with Crippen LogP contribution in [0.4, 0.5) is 11.5 Å². The maximum atomic E-state index is 12.1. The van der Waals surface area contributed by atoms with E-state index in [-0.39, 0.29) is 11.8 Å². The van der Waals surface area contributed by atoms with Gasteiger partial charge in [-0.3, -0.25) is 9.78 Å². The molecule has 26 heavy (non-hydrogen) atoms. The first kappa shape index (κ1) is 16.4. The molecule has 6 heteroatoms. The average molecular weight is 347 g/mol. The fourth-order valence-corrected chi connectivity index (χ4v) is 3.30. The minimum absolute atomic E-state index is 0.0100. The van der Waals surface area contributed by atoms with Gasteiger partial charge < -0.3 is 11.1 Å². The van der Waals surface area contributed by atoms with E-state index in [1.807, 2.05) is 30.5 Å². The van der Waals surface area contributed by atoms with Gasteiger partial charge in [-0.15, -0.1) is 10.2 Å². The summed E-state index contributed by atoms with van der Waals surface area (Å²) in [6, 6.07) is 7.77. The molecule has 1 amide bonds. The van der Waals surface area contributed by atoms with Crippen molar-refractivity contribution in [2.24, 2.45) is 11.8 Å². The average Bonchev–Trinajstić information content (AvgIpc) is 3.38. The van der Waals surface area contributed by atoms with Crippen molar-refractivity contribution in [3.8, 4) is 11.1 Å². The van der Waals surface area contributed by atoms with Gasteiger partial charge in [-0.1, -0.05) is 13.8 Å². The molecular weight excluding hydrogens is 326 g/mol. The number of rotatable bonds is 4. The largest absolute Gasteiger partial charge is 0.397 e. The molecule has 3 N–H and O–H groups in total. The van der Waals surface area contributed by atoms with Crippen LogP contribution in [-0.4, -0.2) is 21.1 Å². The van der Waals surface area contributed by atoms with Gasteiger partial charge >= 0.3 is 0 Å². The number of nitrogens with one attached hydrogen (secondary N) is 1. The molecule has 1 saturated carbocycles. The summed E-state index contributed by atoms with van der Waals surface area (Å²) in [4.78, 5) is 16.4. The lowest BCUT2D eigenvalue weighted by Gasteiger charge is -2.11. The third-order valence-electron chi connectivity index (χ3n) is 5.02. The number of hydrogen-bond acceptors (Lipinski definition) is 5. The zero-order chi connectivity index (χ0) is 18.3. The summed E-state index contributed by atoms with van der Waals surface area (Å²) in [5, 5.41) is 12.0. The minimum atomic E-state index is 0.0100. The second-order valence-corrected chi connectivity index (χ2v) is 6.93. The highest BCUT2D eigenvalue weighted by Crippen LogP contribution is 2.38. The van der Waals surface area contributed by atoms with Crippen molar-refractivity contribution < 1.29 is 4.79 Å². The first-order valence-electron chi connectivity index (χ1n) is 8.88. The number of anilines is 2. The Hall–Kier alpha value is -3.02. The van der Waals surface area contributed by atoms with Crippen LogP contribution in [0.5, 0.6) is 0 Å². The minimum Gasteiger partial charge on any atom is -0.397 e. The number of carbonyl (C=O) groups is 1. The normalized spacial score (nSPS) is 18.7. The molecule has 6 nitrogen and oxygen atoms in total. The van der Waals surface area contributed by atoms with E-state index in [1.165, 1.54) is 5.56 Å². The summed E-state index contributed by atoms with van der Waals surface area (Å²) in [7, 11) is 0. The first-order chi connectivity index (χ1) is 12.6. The molecule has 1 aliphatic carbocycles. The zero-order valence-corrected chi connectivity index (χ0v) is 14.9. The highest BCUT2D eigenvalue weighted by atomic mass is 16.2. The molecule has 1 aromatic carbocycles.